The zero-order chi connectivity index (χ0) is 25.4. The maximum Gasteiger partial charge on any atom is 0.310 e. The number of benzene rings is 1. The zero-order valence-electron chi connectivity index (χ0n) is 20.1. The van der Waals surface area contributed by atoms with Gasteiger partial charge in [0, 0.05) is 23.1 Å². The van der Waals surface area contributed by atoms with Crippen LogP contribution in [0.15, 0.2) is 35.5 Å². The molecule has 0 fully saturated rings. The SMILES string of the molecule is CON=Cc1c(C(C)C)nc(C(C)C)c(/C=C/C(O)CC(=O)CC(=O)O)c1-c1ccc(F)cc1. The summed E-state index contributed by atoms with van der Waals surface area (Å²) in [4.78, 5) is 32.4. The molecule has 1 aromatic heterocycles. The van der Waals surface area contributed by atoms with Gasteiger partial charge in [0.2, 0.25) is 0 Å². The number of carbonyl (C=O) groups is 2. The van der Waals surface area contributed by atoms with Crippen LogP contribution < -0.4 is 0 Å². The summed E-state index contributed by atoms with van der Waals surface area (Å²) in [6.45, 7) is 8.01. The first-order chi connectivity index (χ1) is 16.0. The van der Waals surface area contributed by atoms with E-state index in [1.54, 1.807) is 24.4 Å². The number of halogens is 1. The van der Waals surface area contributed by atoms with E-state index < -0.39 is 24.3 Å². The Labute approximate surface area is 199 Å². The molecule has 2 rings (SSSR count). The van der Waals surface area contributed by atoms with Gasteiger partial charge in [-0.2, -0.15) is 0 Å². The van der Waals surface area contributed by atoms with Crippen LogP contribution in [0.25, 0.3) is 17.2 Å². The molecule has 182 valence electrons. The minimum atomic E-state index is -1.24. The Morgan fingerprint density at radius 2 is 1.68 bits per heavy atom. The molecular formula is C26H31FN2O5. The molecule has 1 atom stereocenters. The molecule has 0 amide bonds. The van der Waals surface area contributed by atoms with Crippen molar-refractivity contribution in [2.45, 2.75) is 58.5 Å². The van der Waals surface area contributed by atoms with Crippen molar-refractivity contribution >= 4 is 24.0 Å². The third-order valence-corrected chi connectivity index (χ3v) is 5.12. The molecule has 0 bridgehead atoms. The second kappa shape index (κ2) is 12.2. The van der Waals surface area contributed by atoms with Crippen molar-refractivity contribution in [3.05, 3.63) is 58.7 Å². The van der Waals surface area contributed by atoms with E-state index in [4.69, 9.17) is 14.9 Å². The molecule has 0 saturated heterocycles. The van der Waals surface area contributed by atoms with E-state index in [1.807, 2.05) is 27.7 Å². The Morgan fingerprint density at radius 3 is 2.21 bits per heavy atom. The third-order valence-electron chi connectivity index (χ3n) is 5.12. The molecule has 7 nitrogen and oxygen atoms in total. The van der Waals surface area contributed by atoms with Crippen LogP contribution in [0.5, 0.6) is 0 Å². The molecule has 0 radical (unpaired) electrons. The van der Waals surface area contributed by atoms with E-state index >= 15 is 0 Å². The van der Waals surface area contributed by atoms with Gasteiger partial charge in [0.15, 0.2) is 0 Å². The lowest BCUT2D eigenvalue weighted by atomic mass is 9.87. The summed E-state index contributed by atoms with van der Waals surface area (Å²) in [5, 5.41) is 23.1. The first-order valence-electron chi connectivity index (χ1n) is 11.0. The fourth-order valence-electron chi connectivity index (χ4n) is 3.61. The molecule has 2 N–H and O–H groups in total. The average Bonchev–Trinajstić information content (AvgIpc) is 2.75. The lowest BCUT2D eigenvalue weighted by molar-refractivity contribution is -0.140. The van der Waals surface area contributed by atoms with Crippen LogP contribution >= 0.6 is 0 Å². The number of oxime groups is 1. The van der Waals surface area contributed by atoms with Gasteiger partial charge in [-0.15, -0.1) is 0 Å². The predicted molar refractivity (Wildman–Crippen MR) is 129 cm³/mol. The number of aliphatic carboxylic acids is 1. The molecule has 1 heterocycles. The highest BCUT2D eigenvalue weighted by atomic mass is 19.1. The summed E-state index contributed by atoms with van der Waals surface area (Å²) < 4.78 is 13.7. The average molecular weight is 471 g/mol. The molecule has 34 heavy (non-hydrogen) atoms. The topological polar surface area (TPSA) is 109 Å². The van der Waals surface area contributed by atoms with Crippen LogP contribution in [0.4, 0.5) is 4.39 Å². The van der Waals surface area contributed by atoms with E-state index in [9.17, 15) is 19.1 Å². The van der Waals surface area contributed by atoms with Gasteiger partial charge in [-0.25, -0.2) is 4.39 Å². The monoisotopic (exact) mass is 470 g/mol. The molecule has 1 aromatic carbocycles. The highest BCUT2D eigenvalue weighted by Gasteiger charge is 2.22. The number of hydrogen-bond acceptors (Lipinski definition) is 6. The summed E-state index contributed by atoms with van der Waals surface area (Å²) >= 11 is 0. The standard InChI is InChI=1S/C26H31FN2O5/c1-15(2)25-21(11-10-19(30)12-20(31)13-23(32)33)24(17-6-8-18(27)9-7-17)22(14-28-34-5)26(29-25)16(3)4/h6-11,14-16,19,30H,12-13H2,1-5H3,(H,32,33)/b11-10+,28-14?. The summed E-state index contributed by atoms with van der Waals surface area (Å²) in [6, 6.07) is 6.05. The summed E-state index contributed by atoms with van der Waals surface area (Å²) in [7, 11) is 1.43. The lowest BCUT2D eigenvalue weighted by Crippen LogP contribution is -2.14. The van der Waals surface area contributed by atoms with Crippen LogP contribution in [0.1, 0.15) is 74.9 Å². The number of hydrogen-bond donors (Lipinski definition) is 2. The van der Waals surface area contributed by atoms with Gasteiger partial charge >= 0.3 is 5.97 Å². The fourth-order valence-corrected chi connectivity index (χ4v) is 3.61. The third kappa shape index (κ3) is 7.05. The lowest BCUT2D eigenvalue weighted by Gasteiger charge is -2.22. The van der Waals surface area contributed by atoms with E-state index in [1.165, 1.54) is 25.3 Å². The Hall–Kier alpha value is -3.39. The minimum Gasteiger partial charge on any atom is -0.481 e. The number of Topliss-reactive ketones (excluding diaryl/α,β-unsaturated/α-hetero) is 1. The van der Waals surface area contributed by atoms with Crippen molar-refractivity contribution in [1.29, 1.82) is 0 Å². The van der Waals surface area contributed by atoms with Gasteiger partial charge in [-0.3, -0.25) is 14.6 Å². The molecule has 0 aliphatic heterocycles. The van der Waals surface area contributed by atoms with Gasteiger partial charge in [-0.1, -0.05) is 57.1 Å². The molecular weight excluding hydrogens is 439 g/mol. The number of ketones is 1. The largest absolute Gasteiger partial charge is 0.481 e. The highest BCUT2D eigenvalue weighted by Crippen LogP contribution is 2.36. The van der Waals surface area contributed by atoms with E-state index in [2.05, 4.69) is 5.16 Å². The van der Waals surface area contributed by atoms with Crippen LogP contribution in [-0.2, 0) is 14.4 Å². The molecule has 0 aliphatic carbocycles. The van der Waals surface area contributed by atoms with Crippen LogP contribution in [-0.4, -0.2) is 46.4 Å². The number of pyridine rings is 1. The molecule has 0 spiro atoms. The zero-order valence-corrected chi connectivity index (χ0v) is 20.1. The first-order valence-corrected chi connectivity index (χ1v) is 11.0. The number of carboxylic acids is 1. The number of aliphatic hydroxyl groups is 1. The molecule has 0 aliphatic rings. The number of aromatic nitrogens is 1. The fraction of sp³-hybridized carbons (Fsp3) is 0.385. The van der Waals surface area contributed by atoms with Crippen molar-refractivity contribution in [3.63, 3.8) is 0 Å². The van der Waals surface area contributed by atoms with Crippen LogP contribution in [0.2, 0.25) is 0 Å². The molecule has 8 heteroatoms. The number of carbonyl (C=O) groups excluding carboxylic acids is 1. The summed E-state index contributed by atoms with van der Waals surface area (Å²) in [6.07, 6.45) is 2.55. The van der Waals surface area contributed by atoms with Gasteiger partial charge in [-0.05, 0) is 29.5 Å². The van der Waals surface area contributed by atoms with Crippen molar-refractivity contribution in [1.82, 2.24) is 4.98 Å². The highest BCUT2D eigenvalue weighted by molar-refractivity contribution is 5.96. The van der Waals surface area contributed by atoms with E-state index in [0.29, 0.717) is 11.1 Å². The molecule has 2 aromatic rings. The smallest absolute Gasteiger partial charge is 0.310 e. The van der Waals surface area contributed by atoms with Crippen molar-refractivity contribution in [2.24, 2.45) is 5.16 Å². The Kier molecular flexibility index (Phi) is 9.62. The van der Waals surface area contributed by atoms with Gasteiger partial charge in [0.1, 0.15) is 25.1 Å². The van der Waals surface area contributed by atoms with Gasteiger partial charge in [0.05, 0.1) is 23.7 Å². The number of nitrogens with zero attached hydrogens (tertiary/aromatic N) is 2. The van der Waals surface area contributed by atoms with Crippen LogP contribution in [0, 0.1) is 5.82 Å². The Bertz CT molecular complexity index is 1080. The predicted octanol–water partition coefficient (Wildman–Crippen LogP) is 4.92. The van der Waals surface area contributed by atoms with Gasteiger partial charge in [0.25, 0.3) is 0 Å². The van der Waals surface area contributed by atoms with E-state index in [0.717, 1.165) is 22.5 Å². The number of carboxylic acid groups (broad SMARTS) is 1. The van der Waals surface area contributed by atoms with Crippen molar-refractivity contribution in [3.8, 4) is 11.1 Å². The number of rotatable bonds is 11. The van der Waals surface area contributed by atoms with Crippen molar-refractivity contribution < 1.29 is 29.0 Å². The molecule has 0 saturated carbocycles. The second-order valence-electron chi connectivity index (χ2n) is 8.56. The molecule has 1 unspecified atom stereocenters. The van der Waals surface area contributed by atoms with E-state index in [-0.39, 0.29) is 24.1 Å². The Balaban J connectivity index is 2.75. The summed E-state index contributed by atoms with van der Waals surface area (Å²) in [5.41, 5.74) is 4.40. The van der Waals surface area contributed by atoms with Gasteiger partial charge < -0.3 is 15.1 Å². The van der Waals surface area contributed by atoms with Crippen LogP contribution in [0.3, 0.4) is 0 Å². The maximum absolute atomic E-state index is 13.7. The quantitative estimate of drug-likeness (QED) is 0.274. The minimum absolute atomic E-state index is 0.00977. The summed E-state index contributed by atoms with van der Waals surface area (Å²) in [5.74, 6) is -2.13. The maximum atomic E-state index is 13.7. The Morgan fingerprint density at radius 1 is 1.09 bits per heavy atom. The van der Waals surface area contributed by atoms with Crippen molar-refractivity contribution in [2.75, 3.05) is 7.11 Å². The second-order valence-corrected chi connectivity index (χ2v) is 8.56. The normalized spacial score (nSPS) is 12.7. The first kappa shape index (κ1) is 26.9. The number of aliphatic hydroxyl groups excluding tert-OH is 1.